The molecule has 0 amide bonds. The van der Waals surface area contributed by atoms with Crippen molar-refractivity contribution < 1.29 is 4.39 Å². The maximum atomic E-state index is 13.6. The number of rotatable bonds is 0. The van der Waals surface area contributed by atoms with Crippen LogP contribution >= 0.6 is 27.5 Å². The summed E-state index contributed by atoms with van der Waals surface area (Å²) in [5, 5.41) is 2.86. The average molecular weight is 289 g/mol. The van der Waals surface area contributed by atoms with Gasteiger partial charge in [-0.1, -0.05) is 39.7 Å². The van der Waals surface area contributed by atoms with Gasteiger partial charge in [-0.3, -0.25) is 0 Å². The molecule has 4 heteroatoms. The zero-order valence-electron chi connectivity index (χ0n) is 7.94. The smallest absolute Gasteiger partial charge is 0.162 e. The third-order valence-electron chi connectivity index (χ3n) is 2.27. The molecule has 1 aliphatic carbocycles. The molecular weight excluding hydrogens is 280 g/mol. The molecule has 15 heavy (non-hydrogen) atoms. The van der Waals surface area contributed by atoms with E-state index in [2.05, 4.69) is 21.2 Å². The van der Waals surface area contributed by atoms with Gasteiger partial charge in [0.05, 0.1) is 0 Å². The van der Waals surface area contributed by atoms with Crippen LogP contribution in [0.2, 0.25) is 0 Å². The van der Waals surface area contributed by atoms with E-state index in [4.69, 9.17) is 11.6 Å². The molecule has 0 unspecified atom stereocenters. The topological polar surface area (TPSA) is 12.0 Å². The van der Waals surface area contributed by atoms with E-state index >= 15 is 0 Å². The first-order chi connectivity index (χ1) is 7.11. The van der Waals surface area contributed by atoms with Crippen molar-refractivity contribution in [2.75, 3.05) is 0 Å². The zero-order chi connectivity index (χ0) is 11.0. The molecule has 2 rings (SSSR count). The fraction of sp³-hybridized carbons (Fsp3) is 0.0909. The highest BCUT2D eigenvalue weighted by molar-refractivity contribution is 9.12. The molecule has 0 aromatic heterocycles. The van der Waals surface area contributed by atoms with Gasteiger partial charge in [0.15, 0.2) is 5.83 Å². The van der Waals surface area contributed by atoms with Crippen molar-refractivity contribution in [3.05, 3.63) is 56.6 Å². The minimum atomic E-state index is -0.406. The Balaban J connectivity index is 2.65. The van der Waals surface area contributed by atoms with Crippen LogP contribution in [0.15, 0.2) is 56.6 Å². The lowest BCUT2D eigenvalue weighted by atomic mass is 10.0. The van der Waals surface area contributed by atoms with Gasteiger partial charge < -0.3 is 5.32 Å². The lowest BCUT2D eigenvalue weighted by Gasteiger charge is -2.21. The van der Waals surface area contributed by atoms with E-state index in [0.717, 1.165) is 15.8 Å². The van der Waals surface area contributed by atoms with Crippen molar-refractivity contribution in [2.45, 2.75) is 6.92 Å². The van der Waals surface area contributed by atoms with Gasteiger partial charge in [0.25, 0.3) is 0 Å². The summed E-state index contributed by atoms with van der Waals surface area (Å²) in [6, 6.07) is 0. The number of hydrogen-bond acceptors (Lipinski definition) is 1. The summed E-state index contributed by atoms with van der Waals surface area (Å²) in [5.74, 6) is -0.406. The number of dihydropyridines is 1. The van der Waals surface area contributed by atoms with E-state index in [0.29, 0.717) is 5.57 Å². The van der Waals surface area contributed by atoms with Crippen LogP contribution in [0.25, 0.3) is 0 Å². The molecule has 0 fully saturated rings. The maximum Gasteiger partial charge on any atom is 0.162 e. The maximum absolute atomic E-state index is 13.6. The Labute approximate surface area is 101 Å². The molecule has 0 radical (unpaired) electrons. The highest BCUT2D eigenvalue weighted by Crippen LogP contribution is 2.36. The molecule has 0 bridgehead atoms. The minimum Gasteiger partial charge on any atom is -0.343 e. The van der Waals surface area contributed by atoms with Crippen LogP contribution < -0.4 is 5.32 Å². The molecule has 0 saturated carbocycles. The van der Waals surface area contributed by atoms with E-state index in [1.54, 1.807) is 6.92 Å². The Hall–Kier alpha value is -0.800. The minimum absolute atomic E-state index is 0.0399. The van der Waals surface area contributed by atoms with Gasteiger partial charge >= 0.3 is 0 Å². The van der Waals surface area contributed by atoms with Crippen molar-refractivity contribution in [1.82, 2.24) is 5.32 Å². The molecule has 2 aliphatic rings. The van der Waals surface area contributed by atoms with Gasteiger partial charge in [-0.15, -0.1) is 0 Å². The van der Waals surface area contributed by atoms with Gasteiger partial charge in [0.2, 0.25) is 0 Å². The first-order valence-electron chi connectivity index (χ1n) is 4.39. The third kappa shape index (κ3) is 1.82. The fourth-order valence-corrected chi connectivity index (χ4v) is 2.43. The molecule has 1 heterocycles. The molecule has 1 N–H and O–H groups in total. The Morgan fingerprint density at radius 1 is 1.33 bits per heavy atom. The van der Waals surface area contributed by atoms with Gasteiger partial charge in [-0.25, -0.2) is 4.39 Å². The normalized spacial score (nSPS) is 20.5. The van der Waals surface area contributed by atoms with Crippen LogP contribution in [0.1, 0.15) is 6.92 Å². The van der Waals surface area contributed by atoms with Gasteiger partial charge in [-0.05, 0) is 24.6 Å². The van der Waals surface area contributed by atoms with Crippen molar-refractivity contribution >= 4 is 27.5 Å². The Bertz CT molecular complexity index is 469. The highest BCUT2D eigenvalue weighted by Gasteiger charge is 2.23. The number of allylic oxidation sites excluding steroid dienone is 7. The van der Waals surface area contributed by atoms with Crippen LogP contribution in [0.3, 0.4) is 0 Å². The lowest BCUT2D eigenvalue weighted by Crippen LogP contribution is -2.18. The molecule has 1 nitrogen and oxygen atoms in total. The summed E-state index contributed by atoms with van der Waals surface area (Å²) in [4.78, 5) is 0. The van der Waals surface area contributed by atoms with E-state index in [1.807, 2.05) is 24.3 Å². The highest BCUT2D eigenvalue weighted by atomic mass is 79.9. The van der Waals surface area contributed by atoms with Crippen molar-refractivity contribution in [1.29, 1.82) is 0 Å². The molecular formula is C11H8BrClFN. The summed E-state index contributed by atoms with van der Waals surface area (Å²) < 4.78 is 14.4. The van der Waals surface area contributed by atoms with Crippen molar-refractivity contribution in [3.8, 4) is 0 Å². The fourth-order valence-electron chi connectivity index (χ4n) is 1.52. The van der Waals surface area contributed by atoms with Crippen LogP contribution in [-0.4, -0.2) is 0 Å². The summed E-state index contributed by atoms with van der Waals surface area (Å²) in [6.45, 7) is 1.71. The van der Waals surface area contributed by atoms with Crippen LogP contribution in [0.4, 0.5) is 4.39 Å². The van der Waals surface area contributed by atoms with Gasteiger partial charge in [-0.2, -0.15) is 0 Å². The molecule has 0 aromatic rings. The summed E-state index contributed by atoms with van der Waals surface area (Å²) >= 11 is 9.15. The first-order valence-corrected chi connectivity index (χ1v) is 5.57. The predicted octanol–water partition coefficient (Wildman–Crippen LogP) is 4.02. The second-order valence-electron chi connectivity index (χ2n) is 3.23. The standard InChI is InChI=1S/C11H8BrClFN/c1-6-9-7(12)4-2-3-5-8(9)15-11(13)10(6)14/h2-5,15H,1H3. The quantitative estimate of drug-likeness (QED) is 0.664. The number of fused-ring (bicyclic) bond motifs is 1. The summed E-state index contributed by atoms with van der Waals surface area (Å²) in [7, 11) is 0. The number of nitrogens with one attached hydrogen (secondary N) is 1. The summed E-state index contributed by atoms with van der Waals surface area (Å²) in [5.41, 5.74) is 2.15. The number of halogens is 3. The van der Waals surface area contributed by atoms with Crippen molar-refractivity contribution in [3.63, 3.8) is 0 Å². The lowest BCUT2D eigenvalue weighted by molar-refractivity contribution is 0.629. The molecule has 0 spiro atoms. The molecule has 0 aromatic carbocycles. The Kier molecular flexibility index (Phi) is 2.85. The largest absolute Gasteiger partial charge is 0.343 e. The van der Waals surface area contributed by atoms with E-state index < -0.39 is 5.83 Å². The van der Waals surface area contributed by atoms with Gasteiger partial charge in [0.1, 0.15) is 5.16 Å². The van der Waals surface area contributed by atoms with Crippen LogP contribution in [-0.2, 0) is 0 Å². The molecule has 1 aliphatic heterocycles. The zero-order valence-corrected chi connectivity index (χ0v) is 10.3. The number of hydrogen-bond donors (Lipinski definition) is 1. The monoisotopic (exact) mass is 287 g/mol. The second-order valence-corrected chi connectivity index (χ2v) is 4.47. The molecule has 0 atom stereocenters. The van der Waals surface area contributed by atoms with Crippen molar-refractivity contribution in [2.24, 2.45) is 0 Å². The van der Waals surface area contributed by atoms with Gasteiger partial charge in [0, 0.05) is 15.8 Å². The third-order valence-corrected chi connectivity index (χ3v) is 3.19. The van der Waals surface area contributed by atoms with E-state index in [-0.39, 0.29) is 5.16 Å². The average Bonchev–Trinajstić information content (AvgIpc) is 2.37. The summed E-state index contributed by atoms with van der Waals surface area (Å²) in [6.07, 6.45) is 7.48. The predicted molar refractivity (Wildman–Crippen MR) is 64.1 cm³/mol. The van der Waals surface area contributed by atoms with E-state index in [9.17, 15) is 4.39 Å². The molecule has 78 valence electrons. The SMILES string of the molecule is CC1=C2C(Br)=CC=CC=C2NC(Cl)=C1F. The van der Waals surface area contributed by atoms with Crippen LogP contribution in [0, 0.1) is 0 Å². The Morgan fingerprint density at radius 2 is 2.00 bits per heavy atom. The second kappa shape index (κ2) is 3.99. The first kappa shape index (κ1) is 10.7. The van der Waals surface area contributed by atoms with Crippen LogP contribution in [0.5, 0.6) is 0 Å². The Morgan fingerprint density at radius 3 is 2.73 bits per heavy atom. The van der Waals surface area contributed by atoms with E-state index in [1.165, 1.54) is 0 Å². The molecule has 0 saturated heterocycles.